The van der Waals surface area contributed by atoms with Gasteiger partial charge in [0.2, 0.25) is 0 Å². The number of hydrogen-bond acceptors (Lipinski definition) is 0. The quantitative estimate of drug-likeness (QED) is 0.128. The molecule has 0 aliphatic heterocycles. The predicted molar refractivity (Wildman–Crippen MR) is 229 cm³/mol. The van der Waals surface area contributed by atoms with Gasteiger partial charge in [-0.25, -0.2) is 0 Å². The van der Waals surface area contributed by atoms with Crippen LogP contribution in [0, 0.1) is 0 Å². The monoisotopic (exact) mass is 660 g/mol. The van der Waals surface area contributed by atoms with E-state index in [-0.39, 0.29) is 0 Å². The van der Waals surface area contributed by atoms with Crippen LogP contribution in [-0.4, -0.2) is 0 Å². The zero-order chi connectivity index (χ0) is 34.8. The summed E-state index contributed by atoms with van der Waals surface area (Å²) in [4.78, 5) is 0. The molecule has 52 heavy (non-hydrogen) atoms. The maximum atomic E-state index is 2.43. The fourth-order valence-electron chi connectivity index (χ4n) is 8.69. The third-order valence-corrected chi connectivity index (χ3v) is 11.0. The molecule has 0 unspecified atom stereocenters. The third kappa shape index (κ3) is 4.54. The lowest BCUT2D eigenvalue weighted by Gasteiger charge is -2.21. The van der Waals surface area contributed by atoms with Gasteiger partial charge in [-0.3, -0.25) is 0 Å². The Bertz CT molecular complexity index is 3200. The maximum absolute atomic E-state index is 2.43. The van der Waals surface area contributed by atoms with Crippen molar-refractivity contribution in [2.75, 3.05) is 0 Å². The Morgan fingerprint density at radius 1 is 0.231 bits per heavy atom. The SMILES string of the molecule is CC.c1ccc2c(c1)ccc1cc(-c3c4ccc5ccccc5c4c(-c4ccc5ccc6ccccc6c5c4)c4ccc5ccccc5c34)ccc12. The second-order valence-electron chi connectivity index (χ2n) is 13.6. The smallest absolute Gasteiger partial charge is 0.00141 e. The van der Waals surface area contributed by atoms with Crippen LogP contribution in [0.15, 0.2) is 182 Å². The van der Waals surface area contributed by atoms with Crippen molar-refractivity contribution >= 4 is 86.2 Å². The zero-order valence-electron chi connectivity index (χ0n) is 29.3. The summed E-state index contributed by atoms with van der Waals surface area (Å²) in [6.07, 6.45) is 0. The summed E-state index contributed by atoms with van der Waals surface area (Å²) in [5.74, 6) is 0. The van der Waals surface area contributed by atoms with Gasteiger partial charge >= 0.3 is 0 Å². The van der Waals surface area contributed by atoms with Crippen LogP contribution in [0.5, 0.6) is 0 Å². The molecule has 0 aliphatic carbocycles. The molecule has 0 aliphatic rings. The molecular formula is C52H36. The lowest BCUT2D eigenvalue weighted by molar-refractivity contribution is 1.50. The van der Waals surface area contributed by atoms with Crippen molar-refractivity contribution in [3.63, 3.8) is 0 Å². The molecule has 11 rings (SSSR count). The second-order valence-corrected chi connectivity index (χ2v) is 13.6. The summed E-state index contributed by atoms with van der Waals surface area (Å²) in [7, 11) is 0. The first-order valence-corrected chi connectivity index (χ1v) is 18.4. The topological polar surface area (TPSA) is 0 Å². The number of benzene rings is 11. The van der Waals surface area contributed by atoms with Crippen molar-refractivity contribution in [3.05, 3.63) is 182 Å². The molecule has 244 valence electrons. The highest BCUT2D eigenvalue weighted by Crippen LogP contribution is 2.49. The molecule has 0 aromatic heterocycles. The van der Waals surface area contributed by atoms with E-state index in [2.05, 4.69) is 182 Å². The largest absolute Gasteiger partial charge is 0.0683 e. The molecular weight excluding hydrogens is 625 g/mol. The van der Waals surface area contributed by atoms with Crippen molar-refractivity contribution in [2.24, 2.45) is 0 Å². The van der Waals surface area contributed by atoms with E-state index in [0.29, 0.717) is 0 Å². The average molecular weight is 661 g/mol. The Labute approximate surface area is 303 Å². The third-order valence-electron chi connectivity index (χ3n) is 11.0. The van der Waals surface area contributed by atoms with Gasteiger partial charge in [0.15, 0.2) is 0 Å². The molecule has 0 N–H and O–H groups in total. The van der Waals surface area contributed by atoms with E-state index in [1.54, 1.807) is 0 Å². The molecule has 0 spiro atoms. The average Bonchev–Trinajstić information content (AvgIpc) is 3.22. The molecule has 11 aromatic rings. The first-order valence-electron chi connectivity index (χ1n) is 18.4. The molecule has 0 saturated heterocycles. The fourth-order valence-corrected chi connectivity index (χ4v) is 8.69. The van der Waals surface area contributed by atoms with E-state index in [1.807, 2.05) is 13.8 Å². The Hall–Kier alpha value is -6.50. The van der Waals surface area contributed by atoms with Crippen molar-refractivity contribution in [1.82, 2.24) is 0 Å². The van der Waals surface area contributed by atoms with Crippen LogP contribution in [0.25, 0.3) is 108 Å². The molecule has 0 heteroatoms. The molecule has 0 bridgehead atoms. The summed E-state index contributed by atoms with van der Waals surface area (Å²) < 4.78 is 0. The van der Waals surface area contributed by atoms with Crippen LogP contribution in [0.3, 0.4) is 0 Å². The van der Waals surface area contributed by atoms with Gasteiger partial charge in [0.1, 0.15) is 0 Å². The lowest BCUT2D eigenvalue weighted by atomic mass is 9.81. The summed E-state index contributed by atoms with van der Waals surface area (Å²) in [6, 6.07) is 67.8. The van der Waals surface area contributed by atoms with Crippen LogP contribution in [0.4, 0.5) is 0 Å². The van der Waals surface area contributed by atoms with E-state index in [4.69, 9.17) is 0 Å². The Kier molecular flexibility index (Phi) is 7.05. The van der Waals surface area contributed by atoms with Gasteiger partial charge in [-0.05, 0) is 121 Å². The fraction of sp³-hybridized carbons (Fsp3) is 0.0385. The number of rotatable bonds is 2. The minimum Gasteiger partial charge on any atom is -0.0683 e. The highest BCUT2D eigenvalue weighted by molar-refractivity contribution is 6.32. The maximum Gasteiger partial charge on any atom is -0.00141 e. The van der Waals surface area contributed by atoms with Crippen LogP contribution >= 0.6 is 0 Å². The van der Waals surface area contributed by atoms with Crippen molar-refractivity contribution in [3.8, 4) is 22.3 Å². The van der Waals surface area contributed by atoms with Crippen molar-refractivity contribution in [2.45, 2.75) is 13.8 Å². The molecule has 0 atom stereocenters. The molecule has 0 saturated carbocycles. The van der Waals surface area contributed by atoms with Gasteiger partial charge in [-0.2, -0.15) is 0 Å². The minimum absolute atomic E-state index is 1.24. The molecule has 11 aromatic carbocycles. The van der Waals surface area contributed by atoms with Gasteiger partial charge < -0.3 is 0 Å². The van der Waals surface area contributed by atoms with Gasteiger partial charge in [0.25, 0.3) is 0 Å². The van der Waals surface area contributed by atoms with Gasteiger partial charge in [-0.15, -0.1) is 0 Å². The summed E-state index contributed by atoms with van der Waals surface area (Å²) in [5, 5.41) is 20.4. The highest BCUT2D eigenvalue weighted by atomic mass is 14.2. The zero-order valence-corrected chi connectivity index (χ0v) is 29.3. The highest BCUT2D eigenvalue weighted by Gasteiger charge is 2.21. The number of hydrogen-bond donors (Lipinski definition) is 0. The summed E-state index contributed by atoms with van der Waals surface area (Å²) in [6.45, 7) is 4.00. The van der Waals surface area contributed by atoms with Crippen molar-refractivity contribution in [1.29, 1.82) is 0 Å². The van der Waals surface area contributed by atoms with Crippen LogP contribution in [0.2, 0.25) is 0 Å². The van der Waals surface area contributed by atoms with E-state index < -0.39 is 0 Å². The van der Waals surface area contributed by atoms with Crippen molar-refractivity contribution < 1.29 is 0 Å². The van der Waals surface area contributed by atoms with Crippen LogP contribution < -0.4 is 0 Å². The summed E-state index contributed by atoms with van der Waals surface area (Å²) in [5.41, 5.74) is 5.07. The Balaban J connectivity index is 0.00000166. The van der Waals surface area contributed by atoms with E-state index in [9.17, 15) is 0 Å². The van der Waals surface area contributed by atoms with Crippen LogP contribution in [0.1, 0.15) is 13.8 Å². The minimum atomic E-state index is 1.24. The molecule has 0 fully saturated rings. The Morgan fingerprint density at radius 3 is 1.12 bits per heavy atom. The standard InChI is InChI=1S/C50H30.C2H6/c1-5-13-39-31(9-1)19-21-36-29-37(25-26-41(36)39)47-44-27-23-34-12-4-8-16-43(34)50(44)48(45-28-24-33-11-3-7-15-42(33)49(45)47)38-22-20-35-18-17-32-10-2-6-14-40(32)46(35)30-38;1-2/h1-30H;1-2H3. The summed E-state index contributed by atoms with van der Waals surface area (Å²) >= 11 is 0. The first kappa shape index (κ1) is 30.3. The van der Waals surface area contributed by atoms with Crippen LogP contribution in [-0.2, 0) is 0 Å². The Morgan fingerprint density at radius 2 is 0.558 bits per heavy atom. The molecule has 0 amide bonds. The van der Waals surface area contributed by atoms with E-state index in [1.165, 1.54) is 108 Å². The molecule has 0 heterocycles. The molecule has 0 nitrogen and oxygen atoms in total. The second kappa shape index (κ2) is 12.1. The predicted octanol–water partition coefficient (Wildman–Crippen LogP) is 15.3. The van der Waals surface area contributed by atoms with Gasteiger partial charge in [-0.1, -0.05) is 184 Å². The van der Waals surface area contributed by atoms with E-state index in [0.717, 1.165) is 0 Å². The normalized spacial score (nSPS) is 11.7. The number of fused-ring (bicyclic) bond motifs is 12. The van der Waals surface area contributed by atoms with Gasteiger partial charge in [0.05, 0.1) is 0 Å². The first-order chi connectivity index (χ1) is 25.8. The lowest BCUT2D eigenvalue weighted by Crippen LogP contribution is -1.94. The van der Waals surface area contributed by atoms with Gasteiger partial charge in [0, 0.05) is 0 Å². The van der Waals surface area contributed by atoms with E-state index >= 15 is 0 Å². The molecule has 0 radical (unpaired) electrons.